The van der Waals surface area contributed by atoms with Gasteiger partial charge in [0, 0.05) is 30.8 Å². The van der Waals surface area contributed by atoms with Crippen LogP contribution in [0.25, 0.3) is 11.1 Å². The Labute approximate surface area is 247 Å². The summed E-state index contributed by atoms with van der Waals surface area (Å²) in [5, 5.41) is 24.5. The van der Waals surface area contributed by atoms with E-state index in [1.165, 1.54) is 41.3 Å². The Morgan fingerprint density at radius 1 is 0.953 bits per heavy atom. The van der Waals surface area contributed by atoms with Crippen molar-refractivity contribution < 1.29 is 32.4 Å². The van der Waals surface area contributed by atoms with Crippen LogP contribution in [0.3, 0.4) is 0 Å². The number of hydrogen-bond acceptors (Lipinski definition) is 7. The molecule has 3 saturated carbocycles. The fourth-order valence-electron chi connectivity index (χ4n) is 6.17. The Bertz CT molecular complexity index is 1650. The van der Waals surface area contributed by atoms with Crippen molar-refractivity contribution in [3.8, 4) is 11.1 Å². The molecule has 0 saturated heterocycles. The molecule has 3 aliphatic carbocycles. The summed E-state index contributed by atoms with van der Waals surface area (Å²) in [5.74, 6) is -1.29. The van der Waals surface area contributed by atoms with Gasteiger partial charge in [0.15, 0.2) is 0 Å². The predicted octanol–water partition coefficient (Wildman–Crippen LogP) is 5.63. The van der Waals surface area contributed by atoms with E-state index in [0.29, 0.717) is 36.9 Å². The number of nitrogens with zero attached hydrogens (tertiary/aromatic N) is 2. The van der Waals surface area contributed by atoms with Gasteiger partial charge in [-0.05, 0) is 91.5 Å². The smallest absolute Gasteiger partial charge is 0.407 e. The molecule has 43 heavy (non-hydrogen) atoms. The molecule has 0 radical (unpaired) electrons. The molecular weight excluding hydrogens is 579 g/mol. The maximum absolute atomic E-state index is 13.2. The zero-order valence-electron chi connectivity index (χ0n) is 23.4. The number of nitro groups is 1. The van der Waals surface area contributed by atoms with Crippen LogP contribution in [-0.2, 0) is 10.0 Å². The van der Waals surface area contributed by atoms with Crippen LogP contribution >= 0.6 is 0 Å². The third kappa shape index (κ3) is 6.03. The molecule has 3 N–H and O–H groups in total. The number of nitro benzene ring substituents is 1. The van der Waals surface area contributed by atoms with E-state index in [1.54, 1.807) is 31.3 Å². The van der Waals surface area contributed by atoms with E-state index in [9.17, 15) is 37.6 Å². The second-order valence-corrected chi connectivity index (χ2v) is 13.1. The SMILES string of the molecule is CN(C(=O)O)C12CCC(CNc3ccc(S(=O)(=O)NC(=O)c4ccc(-c5ccc(F)cc5)cc4)cc3[N+](=O)[O-])(CC1)CC2. The number of carbonyl (C=O) groups is 2. The third-order valence-corrected chi connectivity index (χ3v) is 10.4. The molecule has 13 heteroatoms. The number of anilines is 1. The molecular formula is C30H31FN4O7S. The molecule has 0 heterocycles. The summed E-state index contributed by atoms with van der Waals surface area (Å²) in [6.07, 6.45) is 3.51. The minimum absolute atomic E-state index is 0.0556. The average molecular weight is 611 g/mol. The zero-order chi connectivity index (χ0) is 31.0. The number of sulfonamides is 1. The van der Waals surface area contributed by atoms with Crippen LogP contribution in [0.1, 0.15) is 48.9 Å². The highest BCUT2D eigenvalue weighted by atomic mass is 32.2. The van der Waals surface area contributed by atoms with E-state index in [0.717, 1.165) is 25.3 Å². The fourth-order valence-corrected chi connectivity index (χ4v) is 7.17. The molecule has 2 bridgehead atoms. The van der Waals surface area contributed by atoms with E-state index < -0.39 is 37.5 Å². The lowest BCUT2D eigenvalue weighted by Crippen LogP contribution is -2.58. The van der Waals surface area contributed by atoms with E-state index >= 15 is 0 Å². The number of carboxylic acid groups (broad SMARTS) is 1. The number of amides is 2. The molecule has 3 aliphatic rings. The number of fused-ring (bicyclic) bond motifs is 3. The van der Waals surface area contributed by atoms with Crippen LogP contribution in [-0.4, -0.2) is 54.5 Å². The topological polar surface area (TPSA) is 159 Å². The van der Waals surface area contributed by atoms with Crippen LogP contribution in [0.4, 0.5) is 20.6 Å². The second kappa shape index (κ2) is 11.3. The van der Waals surface area contributed by atoms with Gasteiger partial charge in [0.05, 0.1) is 9.82 Å². The van der Waals surface area contributed by atoms with Crippen LogP contribution in [0, 0.1) is 21.3 Å². The van der Waals surface area contributed by atoms with Crippen molar-refractivity contribution in [1.82, 2.24) is 9.62 Å². The first-order valence-electron chi connectivity index (χ1n) is 13.8. The van der Waals surface area contributed by atoms with Crippen LogP contribution in [0.15, 0.2) is 71.6 Å². The van der Waals surface area contributed by atoms with E-state index in [-0.39, 0.29) is 28.0 Å². The number of nitrogens with one attached hydrogen (secondary N) is 2. The summed E-state index contributed by atoms with van der Waals surface area (Å²) >= 11 is 0. The van der Waals surface area contributed by atoms with Gasteiger partial charge in [-0.25, -0.2) is 22.3 Å². The first-order valence-corrected chi connectivity index (χ1v) is 15.2. The quantitative estimate of drug-likeness (QED) is 0.208. The van der Waals surface area contributed by atoms with Crippen molar-refractivity contribution in [2.45, 2.75) is 49.0 Å². The van der Waals surface area contributed by atoms with E-state index in [4.69, 9.17) is 0 Å². The summed E-state index contributed by atoms with van der Waals surface area (Å²) in [4.78, 5) is 36.5. The number of hydrogen-bond donors (Lipinski definition) is 3. The van der Waals surface area contributed by atoms with Gasteiger partial charge < -0.3 is 15.3 Å². The van der Waals surface area contributed by atoms with Crippen molar-refractivity contribution in [2.75, 3.05) is 18.9 Å². The molecule has 3 aromatic carbocycles. The van der Waals surface area contributed by atoms with Gasteiger partial charge in [0.1, 0.15) is 11.5 Å². The monoisotopic (exact) mass is 610 g/mol. The van der Waals surface area contributed by atoms with Gasteiger partial charge in [-0.2, -0.15) is 0 Å². The maximum atomic E-state index is 13.2. The number of benzene rings is 3. The van der Waals surface area contributed by atoms with E-state index in [2.05, 4.69) is 5.32 Å². The Balaban J connectivity index is 1.26. The highest BCUT2D eigenvalue weighted by Crippen LogP contribution is 2.54. The van der Waals surface area contributed by atoms with Crippen molar-refractivity contribution in [1.29, 1.82) is 0 Å². The molecule has 0 unspecified atom stereocenters. The largest absolute Gasteiger partial charge is 0.465 e. The summed E-state index contributed by atoms with van der Waals surface area (Å²) in [7, 11) is -2.84. The second-order valence-electron chi connectivity index (χ2n) is 11.4. The van der Waals surface area contributed by atoms with Gasteiger partial charge in [0.25, 0.3) is 21.6 Å². The Morgan fingerprint density at radius 3 is 2.05 bits per heavy atom. The molecule has 0 atom stereocenters. The molecule has 226 valence electrons. The molecule has 3 fully saturated rings. The molecule has 0 aliphatic heterocycles. The highest BCUT2D eigenvalue weighted by Gasteiger charge is 2.51. The first kappa shape index (κ1) is 30.0. The Morgan fingerprint density at radius 2 is 1.51 bits per heavy atom. The molecule has 6 rings (SSSR count). The lowest BCUT2D eigenvalue weighted by atomic mass is 9.57. The van der Waals surface area contributed by atoms with Crippen molar-refractivity contribution in [3.63, 3.8) is 0 Å². The fraction of sp³-hybridized carbons (Fsp3) is 0.333. The maximum Gasteiger partial charge on any atom is 0.407 e. The van der Waals surface area contributed by atoms with Crippen molar-refractivity contribution in [3.05, 3.63) is 88.2 Å². The zero-order valence-corrected chi connectivity index (χ0v) is 24.2. The lowest BCUT2D eigenvalue weighted by molar-refractivity contribution is -0.384. The highest BCUT2D eigenvalue weighted by molar-refractivity contribution is 7.90. The van der Waals surface area contributed by atoms with Crippen molar-refractivity contribution >= 4 is 33.4 Å². The van der Waals surface area contributed by atoms with Gasteiger partial charge in [-0.15, -0.1) is 0 Å². The normalized spacial score (nSPS) is 21.2. The standard InChI is InChI=1S/C30H31FN4O7S/c1-34(28(37)38)30-15-12-29(13-16-30,14-17-30)19-32-25-11-10-24(18-26(25)35(39)40)43(41,42)33-27(36)22-4-2-20(3-5-22)21-6-8-23(31)9-7-21/h2-11,18,32H,12-17,19H2,1H3,(H,33,36)(H,37,38). The summed E-state index contributed by atoms with van der Waals surface area (Å²) in [6.45, 7) is 0.428. The third-order valence-electron chi connectivity index (χ3n) is 9.04. The minimum Gasteiger partial charge on any atom is -0.465 e. The molecule has 0 aromatic heterocycles. The Hall–Kier alpha value is -4.52. The molecule has 0 spiro atoms. The Kier molecular flexibility index (Phi) is 7.86. The molecule has 3 aromatic rings. The van der Waals surface area contributed by atoms with E-state index in [1.807, 2.05) is 4.72 Å². The molecule has 2 amide bonds. The number of carbonyl (C=O) groups excluding carboxylic acids is 1. The lowest BCUT2D eigenvalue weighted by Gasteiger charge is -2.56. The summed E-state index contributed by atoms with van der Waals surface area (Å²) in [5.41, 5.74) is 0.677. The van der Waals surface area contributed by atoms with Crippen LogP contribution in [0.2, 0.25) is 0 Å². The van der Waals surface area contributed by atoms with Crippen LogP contribution in [0.5, 0.6) is 0 Å². The van der Waals surface area contributed by atoms with Crippen molar-refractivity contribution in [2.24, 2.45) is 5.41 Å². The van der Waals surface area contributed by atoms with Crippen LogP contribution < -0.4 is 10.0 Å². The first-order chi connectivity index (χ1) is 20.3. The average Bonchev–Trinajstić information content (AvgIpc) is 3.00. The predicted molar refractivity (Wildman–Crippen MR) is 157 cm³/mol. The minimum atomic E-state index is -4.44. The van der Waals surface area contributed by atoms with Gasteiger partial charge in [-0.3, -0.25) is 14.9 Å². The number of halogens is 1. The summed E-state index contributed by atoms with van der Waals surface area (Å²) in [6, 6.07) is 15.3. The summed E-state index contributed by atoms with van der Waals surface area (Å²) < 4.78 is 41.2. The molecule has 11 nitrogen and oxygen atoms in total. The van der Waals surface area contributed by atoms with Gasteiger partial charge in [0.2, 0.25) is 0 Å². The van der Waals surface area contributed by atoms with Gasteiger partial charge in [-0.1, -0.05) is 24.3 Å². The number of rotatable bonds is 9. The van der Waals surface area contributed by atoms with Gasteiger partial charge >= 0.3 is 6.09 Å².